The molecule has 5 heteroatoms. The van der Waals surface area contributed by atoms with Gasteiger partial charge in [-0.2, -0.15) is 0 Å². The molecule has 24 heavy (non-hydrogen) atoms. The lowest BCUT2D eigenvalue weighted by atomic mass is 9.65. The summed E-state index contributed by atoms with van der Waals surface area (Å²) < 4.78 is 0. The quantitative estimate of drug-likeness (QED) is 0.615. The van der Waals surface area contributed by atoms with Crippen LogP contribution in [-0.2, 0) is 0 Å². The Hall–Kier alpha value is -0.810. The zero-order valence-electron chi connectivity index (χ0n) is 17.0. The molecule has 0 radical (unpaired) electrons. The van der Waals surface area contributed by atoms with E-state index in [-0.39, 0.29) is 5.54 Å². The highest BCUT2D eigenvalue weighted by Crippen LogP contribution is 2.46. The minimum atomic E-state index is 0.157. The minimum absolute atomic E-state index is 0.157. The molecular formula is C19H39N5. The van der Waals surface area contributed by atoms with Crippen molar-refractivity contribution in [2.24, 2.45) is 10.4 Å². The minimum Gasteiger partial charge on any atom is -0.356 e. The standard InChI is InChI=1S/C19H39N5/c1-8-20-17(24-15-18(4,5)19(24,6)7)21-14-16(3)23-12-10-22(9-2)11-13-23/h16H,8-15H2,1-7H3,(H,20,21). The van der Waals surface area contributed by atoms with Crippen LogP contribution in [0.15, 0.2) is 4.99 Å². The van der Waals surface area contributed by atoms with Crippen LogP contribution in [-0.4, -0.2) is 84.6 Å². The Morgan fingerprint density at radius 2 is 1.71 bits per heavy atom. The van der Waals surface area contributed by atoms with Gasteiger partial charge in [-0.05, 0) is 34.2 Å². The van der Waals surface area contributed by atoms with Crippen LogP contribution in [0.25, 0.3) is 0 Å². The summed E-state index contributed by atoms with van der Waals surface area (Å²) >= 11 is 0. The molecule has 2 aliphatic heterocycles. The Morgan fingerprint density at radius 3 is 2.17 bits per heavy atom. The van der Waals surface area contributed by atoms with Crippen LogP contribution in [0.3, 0.4) is 0 Å². The number of likely N-dealkylation sites (N-methyl/N-ethyl adjacent to an activating group) is 1. The highest BCUT2D eigenvalue weighted by atomic mass is 15.4. The number of hydrogen-bond donors (Lipinski definition) is 1. The van der Waals surface area contributed by atoms with Gasteiger partial charge in [0, 0.05) is 56.3 Å². The molecule has 5 nitrogen and oxygen atoms in total. The molecule has 2 fully saturated rings. The van der Waals surface area contributed by atoms with Crippen molar-refractivity contribution in [1.29, 1.82) is 0 Å². The van der Waals surface area contributed by atoms with E-state index in [4.69, 9.17) is 4.99 Å². The molecule has 0 aromatic carbocycles. The van der Waals surface area contributed by atoms with E-state index < -0.39 is 0 Å². The third-order valence-electron chi connectivity index (χ3n) is 6.46. The third-order valence-corrected chi connectivity index (χ3v) is 6.46. The summed E-state index contributed by atoms with van der Waals surface area (Å²) in [6.07, 6.45) is 0. The fourth-order valence-corrected chi connectivity index (χ4v) is 3.65. The predicted octanol–water partition coefficient (Wildman–Crippen LogP) is 2.10. The van der Waals surface area contributed by atoms with Crippen LogP contribution in [0.1, 0.15) is 48.5 Å². The van der Waals surface area contributed by atoms with Gasteiger partial charge < -0.3 is 15.1 Å². The largest absolute Gasteiger partial charge is 0.356 e. The number of piperazine rings is 1. The van der Waals surface area contributed by atoms with E-state index in [1.165, 1.54) is 32.7 Å². The molecule has 0 aromatic rings. The van der Waals surface area contributed by atoms with Gasteiger partial charge in [-0.25, -0.2) is 0 Å². The molecule has 0 spiro atoms. The fourth-order valence-electron chi connectivity index (χ4n) is 3.65. The van der Waals surface area contributed by atoms with Crippen LogP contribution >= 0.6 is 0 Å². The molecule has 0 aromatic heterocycles. The van der Waals surface area contributed by atoms with Gasteiger partial charge in [-0.15, -0.1) is 0 Å². The van der Waals surface area contributed by atoms with Gasteiger partial charge in [-0.3, -0.25) is 9.89 Å². The van der Waals surface area contributed by atoms with Gasteiger partial charge in [0.1, 0.15) is 0 Å². The maximum absolute atomic E-state index is 4.99. The molecule has 1 atom stereocenters. The molecule has 0 amide bonds. The maximum atomic E-state index is 4.99. The Labute approximate surface area is 149 Å². The first-order chi connectivity index (χ1) is 11.2. The van der Waals surface area contributed by atoms with Crippen LogP contribution in [0, 0.1) is 5.41 Å². The summed E-state index contributed by atoms with van der Waals surface area (Å²) in [6, 6.07) is 0.509. The summed E-state index contributed by atoms with van der Waals surface area (Å²) in [5.74, 6) is 1.08. The van der Waals surface area contributed by atoms with Crippen molar-refractivity contribution in [2.75, 3.05) is 52.4 Å². The molecule has 2 heterocycles. The van der Waals surface area contributed by atoms with Gasteiger partial charge in [0.15, 0.2) is 5.96 Å². The number of rotatable bonds is 5. The molecule has 2 saturated heterocycles. The number of guanidine groups is 1. The third kappa shape index (κ3) is 3.88. The first-order valence-electron chi connectivity index (χ1n) is 9.75. The zero-order chi connectivity index (χ0) is 18.0. The molecule has 140 valence electrons. The highest BCUT2D eigenvalue weighted by Gasteiger charge is 2.53. The smallest absolute Gasteiger partial charge is 0.194 e. The lowest BCUT2D eigenvalue weighted by Gasteiger charge is -2.62. The Bertz CT molecular complexity index is 435. The average molecular weight is 338 g/mol. The van der Waals surface area contributed by atoms with Crippen molar-refractivity contribution in [1.82, 2.24) is 20.0 Å². The number of aliphatic imine (C=N–C) groups is 1. The summed E-state index contributed by atoms with van der Waals surface area (Å²) in [5, 5.41) is 3.50. The normalized spacial score (nSPS) is 26.1. The van der Waals surface area contributed by atoms with E-state index in [0.717, 1.165) is 25.6 Å². The SMILES string of the molecule is CCNC(=NCC(C)N1CCN(CC)CC1)N1CC(C)(C)C1(C)C. The van der Waals surface area contributed by atoms with E-state index in [1.807, 2.05) is 0 Å². The van der Waals surface area contributed by atoms with Gasteiger partial charge in [-0.1, -0.05) is 20.8 Å². The van der Waals surface area contributed by atoms with E-state index in [1.54, 1.807) is 0 Å². The second kappa shape index (κ2) is 7.61. The first kappa shape index (κ1) is 19.5. The lowest BCUT2D eigenvalue weighted by molar-refractivity contribution is -0.0668. The monoisotopic (exact) mass is 337 g/mol. The van der Waals surface area contributed by atoms with Crippen molar-refractivity contribution in [3.63, 3.8) is 0 Å². The van der Waals surface area contributed by atoms with Crippen molar-refractivity contribution in [3.8, 4) is 0 Å². The van der Waals surface area contributed by atoms with Crippen molar-refractivity contribution >= 4 is 5.96 Å². The van der Waals surface area contributed by atoms with Crippen LogP contribution < -0.4 is 5.32 Å². The number of likely N-dealkylation sites (tertiary alicyclic amines) is 1. The Kier molecular flexibility index (Phi) is 6.19. The highest BCUT2D eigenvalue weighted by molar-refractivity contribution is 5.82. The van der Waals surface area contributed by atoms with E-state index in [0.29, 0.717) is 11.5 Å². The first-order valence-corrected chi connectivity index (χ1v) is 9.75. The van der Waals surface area contributed by atoms with E-state index in [2.05, 4.69) is 68.5 Å². The van der Waals surface area contributed by atoms with E-state index >= 15 is 0 Å². The summed E-state index contributed by atoms with van der Waals surface area (Å²) in [5.41, 5.74) is 0.495. The number of hydrogen-bond acceptors (Lipinski definition) is 3. The molecule has 0 saturated carbocycles. The number of nitrogens with one attached hydrogen (secondary N) is 1. The van der Waals surface area contributed by atoms with Gasteiger partial charge in [0.05, 0.1) is 6.54 Å². The fraction of sp³-hybridized carbons (Fsp3) is 0.947. The molecule has 2 aliphatic rings. The molecule has 1 N–H and O–H groups in total. The lowest BCUT2D eigenvalue weighted by Crippen LogP contribution is -2.72. The molecular weight excluding hydrogens is 298 g/mol. The van der Waals surface area contributed by atoms with Crippen LogP contribution in [0.2, 0.25) is 0 Å². The number of nitrogens with zero attached hydrogens (tertiary/aromatic N) is 4. The van der Waals surface area contributed by atoms with Crippen molar-refractivity contribution in [3.05, 3.63) is 0 Å². The summed E-state index contributed by atoms with van der Waals surface area (Å²) in [6.45, 7) is 24.9. The topological polar surface area (TPSA) is 34.1 Å². The maximum Gasteiger partial charge on any atom is 0.194 e. The molecule has 0 bridgehead atoms. The van der Waals surface area contributed by atoms with Crippen LogP contribution in [0.5, 0.6) is 0 Å². The zero-order valence-corrected chi connectivity index (χ0v) is 17.0. The van der Waals surface area contributed by atoms with Gasteiger partial charge >= 0.3 is 0 Å². The average Bonchev–Trinajstić information content (AvgIpc) is 2.56. The summed E-state index contributed by atoms with van der Waals surface area (Å²) in [4.78, 5) is 12.5. The molecule has 1 unspecified atom stereocenters. The Balaban J connectivity index is 1.94. The summed E-state index contributed by atoms with van der Waals surface area (Å²) in [7, 11) is 0. The second-order valence-corrected chi connectivity index (χ2v) is 8.54. The van der Waals surface area contributed by atoms with Crippen molar-refractivity contribution < 1.29 is 0 Å². The second-order valence-electron chi connectivity index (χ2n) is 8.54. The van der Waals surface area contributed by atoms with Gasteiger partial charge in [0.25, 0.3) is 0 Å². The van der Waals surface area contributed by atoms with Gasteiger partial charge in [0.2, 0.25) is 0 Å². The predicted molar refractivity (Wildman–Crippen MR) is 104 cm³/mol. The van der Waals surface area contributed by atoms with Crippen LogP contribution in [0.4, 0.5) is 0 Å². The van der Waals surface area contributed by atoms with Crippen molar-refractivity contribution in [2.45, 2.75) is 60.0 Å². The molecule has 0 aliphatic carbocycles. The Morgan fingerprint density at radius 1 is 1.08 bits per heavy atom. The molecule has 2 rings (SSSR count). The van der Waals surface area contributed by atoms with E-state index in [9.17, 15) is 0 Å².